The van der Waals surface area contributed by atoms with Crippen LogP contribution in [-0.4, -0.2) is 31.1 Å². The first-order chi connectivity index (χ1) is 8.24. The summed E-state index contributed by atoms with van der Waals surface area (Å²) in [6.45, 7) is 0. The molecular weight excluding hydrogens is 220 g/mol. The van der Waals surface area contributed by atoms with E-state index in [1.54, 1.807) is 4.68 Å². The van der Waals surface area contributed by atoms with Crippen LogP contribution in [0.2, 0.25) is 0 Å². The average molecular weight is 234 g/mol. The van der Waals surface area contributed by atoms with Gasteiger partial charge in [-0.1, -0.05) is 5.16 Å². The van der Waals surface area contributed by atoms with Gasteiger partial charge in [-0.15, -0.1) is 0 Å². The van der Waals surface area contributed by atoms with Gasteiger partial charge in [-0.3, -0.25) is 4.68 Å². The lowest BCUT2D eigenvalue weighted by atomic mass is 10.1. The standard InChI is InChI=1S/C11H14N4O2/c1-15-6-5-8(13-15)10-12-11(17-14-10)7-3-2-4-9(7)16/h5-7,9,16H,2-4H2,1H3. The van der Waals surface area contributed by atoms with Crippen LogP contribution in [0.3, 0.4) is 0 Å². The fourth-order valence-electron chi connectivity index (χ4n) is 2.25. The summed E-state index contributed by atoms with van der Waals surface area (Å²) in [5.41, 5.74) is 0.690. The van der Waals surface area contributed by atoms with Gasteiger partial charge in [0.15, 0.2) is 0 Å². The molecule has 2 aromatic heterocycles. The lowest BCUT2D eigenvalue weighted by molar-refractivity contribution is 0.148. The van der Waals surface area contributed by atoms with E-state index in [2.05, 4.69) is 15.2 Å². The van der Waals surface area contributed by atoms with Gasteiger partial charge in [-0.25, -0.2) is 0 Å². The Kier molecular flexibility index (Phi) is 2.44. The number of hydrogen-bond acceptors (Lipinski definition) is 5. The Morgan fingerprint density at radius 2 is 2.35 bits per heavy atom. The maximum absolute atomic E-state index is 9.78. The van der Waals surface area contributed by atoms with Crippen LogP contribution in [0.5, 0.6) is 0 Å². The minimum absolute atomic E-state index is 0.0139. The molecule has 0 aromatic carbocycles. The van der Waals surface area contributed by atoms with E-state index < -0.39 is 0 Å². The molecule has 1 N–H and O–H groups in total. The molecule has 3 rings (SSSR count). The molecule has 1 aliphatic carbocycles. The van der Waals surface area contributed by atoms with Crippen LogP contribution in [0.4, 0.5) is 0 Å². The molecule has 1 aliphatic rings. The van der Waals surface area contributed by atoms with Crippen molar-refractivity contribution in [3.8, 4) is 11.5 Å². The van der Waals surface area contributed by atoms with E-state index in [9.17, 15) is 5.11 Å². The van der Waals surface area contributed by atoms with E-state index >= 15 is 0 Å². The van der Waals surface area contributed by atoms with Gasteiger partial charge in [0, 0.05) is 13.2 Å². The summed E-state index contributed by atoms with van der Waals surface area (Å²) in [7, 11) is 1.84. The first kappa shape index (κ1) is 10.5. The third-order valence-electron chi connectivity index (χ3n) is 3.18. The Morgan fingerprint density at radius 3 is 3.00 bits per heavy atom. The van der Waals surface area contributed by atoms with Crippen molar-refractivity contribution >= 4 is 0 Å². The summed E-state index contributed by atoms with van der Waals surface area (Å²) < 4.78 is 6.90. The van der Waals surface area contributed by atoms with E-state index in [0.717, 1.165) is 19.3 Å². The molecule has 6 nitrogen and oxygen atoms in total. The van der Waals surface area contributed by atoms with Crippen LogP contribution in [-0.2, 0) is 7.05 Å². The summed E-state index contributed by atoms with van der Waals surface area (Å²) in [4.78, 5) is 4.31. The van der Waals surface area contributed by atoms with Crippen molar-refractivity contribution < 1.29 is 9.63 Å². The summed E-state index contributed by atoms with van der Waals surface area (Å²) >= 11 is 0. The Morgan fingerprint density at radius 1 is 1.47 bits per heavy atom. The highest BCUT2D eigenvalue weighted by Gasteiger charge is 2.31. The highest BCUT2D eigenvalue weighted by atomic mass is 16.5. The first-order valence-corrected chi connectivity index (χ1v) is 5.76. The number of aliphatic hydroxyl groups is 1. The van der Waals surface area contributed by atoms with Crippen LogP contribution >= 0.6 is 0 Å². The molecule has 0 bridgehead atoms. The molecule has 2 atom stereocenters. The van der Waals surface area contributed by atoms with Crippen LogP contribution in [0, 0.1) is 0 Å². The third-order valence-corrected chi connectivity index (χ3v) is 3.18. The molecule has 0 spiro atoms. The van der Waals surface area contributed by atoms with Gasteiger partial charge in [0.1, 0.15) is 5.69 Å². The van der Waals surface area contributed by atoms with Gasteiger partial charge < -0.3 is 9.63 Å². The van der Waals surface area contributed by atoms with Crippen molar-refractivity contribution in [1.82, 2.24) is 19.9 Å². The molecule has 2 heterocycles. The Balaban J connectivity index is 1.87. The zero-order chi connectivity index (χ0) is 11.8. The summed E-state index contributed by atoms with van der Waals surface area (Å²) in [5.74, 6) is 0.996. The lowest BCUT2D eigenvalue weighted by Gasteiger charge is -2.07. The quantitative estimate of drug-likeness (QED) is 0.841. The molecular formula is C11H14N4O2. The van der Waals surface area contributed by atoms with E-state index in [-0.39, 0.29) is 12.0 Å². The molecule has 2 unspecified atom stereocenters. The number of aryl methyl sites for hydroxylation is 1. The normalized spacial score (nSPS) is 24.4. The van der Waals surface area contributed by atoms with Gasteiger partial charge in [-0.05, 0) is 25.3 Å². The predicted molar refractivity (Wildman–Crippen MR) is 59.1 cm³/mol. The summed E-state index contributed by atoms with van der Waals surface area (Å²) in [6, 6.07) is 1.83. The zero-order valence-electron chi connectivity index (χ0n) is 9.58. The molecule has 1 fully saturated rings. The van der Waals surface area contributed by atoms with Gasteiger partial charge >= 0.3 is 0 Å². The SMILES string of the molecule is Cn1ccc(-c2noc(C3CCCC3O)n2)n1. The van der Waals surface area contributed by atoms with Crippen molar-refractivity contribution in [3.05, 3.63) is 18.2 Å². The first-order valence-electron chi connectivity index (χ1n) is 5.76. The Hall–Kier alpha value is -1.69. The highest BCUT2D eigenvalue weighted by molar-refractivity contribution is 5.46. The zero-order valence-corrected chi connectivity index (χ0v) is 9.58. The highest BCUT2D eigenvalue weighted by Crippen LogP contribution is 2.34. The predicted octanol–water partition coefficient (Wildman–Crippen LogP) is 1.10. The monoisotopic (exact) mass is 234 g/mol. The Bertz CT molecular complexity index is 519. The number of aromatic nitrogens is 4. The van der Waals surface area contributed by atoms with E-state index in [1.165, 1.54) is 0 Å². The number of hydrogen-bond donors (Lipinski definition) is 1. The van der Waals surface area contributed by atoms with Crippen LogP contribution < -0.4 is 0 Å². The smallest absolute Gasteiger partial charge is 0.232 e. The molecule has 0 saturated heterocycles. The largest absolute Gasteiger partial charge is 0.392 e. The van der Waals surface area contributed by atoms with Crippen molar-refractivity contribution in [2.75, 3.05) is 0 Å². The number of aliphatic hydroxyl groups excluding tert-OH is 1. The van der Waals surface area contributed by atoms with Gasteiger partial charge in [-0.2, -0.15) is 10.1 Å². The van der Waals surface area contributed by atoms with Gasteiger partial charge in [0.05, 0.1) is 12.0 Å². The van der Waals surface area contributed by atoms with Crippen molar-refractivity contribution in [1.29, 1.82) is 0 Å². The lowest BCUT2D eigenvalue weighted by Crippen LogP contribution is -2.11. The molecule has 0 radical (unpaired) electrons. The average Bonchev–Trinajstić information content (AvgIpc) is 2.97. The van der Waals surface area contributed by atoms with Crippen LogP contribution in [0.15, 0.2) is 16.8 Å². The van der Waals surface area contributed by atoms with Gasteiger partial charge in [0.2, 0.25) is 11.7 Å². The van der Waals surface area contributed by atoms with Crippen molar-refractivity contribution in [2.24, 2.45) is 7.05 Å². The number of rotatable bonds is 2. The second-order valence-corrected chi connectivity index (χ2v) is 4.44. The van der Waals surface area contributed by atoms with E-state index in [1.807, 2.05) is 19.3 Å². The molecule has 1 saturated carbocycles. The van der Waals surface area contributed by atoms with Crippen molar-refractivity contribution in [3.63, 3.8) is 0 Å². The fraction of sp³-hybridized carbons (Fsp3) is 0.545. The maximum Gasteiger partial charge on any atom is 0.232 e. The molecule has 2 aromatic rings. The summed E-state index contributed by atoms with van der Waals surface area (Å²) in [5, 5.41) is 17.9. The number of nitrogens with zero attached hydrogens (tertiary/aromatic N) is 4. The minimum Gasteiger partial charge on any atom is -0.392 e. The third kappa shape index (κ3) is 1.84. The molecule has 17 heavy (non-hydrogen) atoms. The molecule has 6 heteroatoms. The second kappa shape index (κ2) is 3.96. The topological polar surface area (TPSA) is 77.0 Å². The van der Waals surface area contributed by atoms with Crippen molar-refractivity contribution in [2.45, 2.75) is 31.3 Å². The van der Waals surface area contributed by atoms with Gasteiger partial charge in [0.25, 0.3) is 0 Å². The van der Waals surface area contributed by atoms with Crippen LogP contribution in [0.1, 0.15) is 31.1 Å². The second-order valence-electron chi connectivity index (χ2n) is 4.44. The van der Waals surface area contributed by atoms with E-state index in [4.69, 9.17) is 4.52 Å². The fourth-order valence-corrected chi connectivity index (χ4v) is 2.25. The molecule has 0 aliphatic heterocycles. The summed E-state index contributed by atoms with van der Waals surface area (Å²) in [6.07, 6.45) is 4.20. The minimum atomic E-state index is -0.355. The van der Waals surface area contributed by atoms with E-state index in [0.29, 0.717) is 17.4 Å². The molecule has 90 valence electrons. The van der Waals surface area contributed by atoms with Crippen LogP contribution in [0.25, 0.3) is 11.5 Å². The Labute approximate surface area is 98.3 Å². The molecule has 0 amide bonds. The maximum atomic E-state index is 9.78.